The number of carbonyl (C=O) groups excluding carboxylic acids is 3. The van der Waals surface area contributed by atoms with Crippen molar-refractivity contribution in [2.24, 2.45) is 11.3 Å². The smallest absolute Gasteiger partial charge is 0.229 e. The average molecular weight is 373 g/mol. The summed E-state index contributed by atoms with van der Waals surface area (Å²) in [5.74, 6) is -0.257. The fourth-order valence-corrected chi connectivity index (χ4v) is 3.22. The molecule has 6 nitrogen and oxygen atoms in total. The number of rotatable bonds is 5. The van der Waals surface area contributed by atoms with Gasteiger partial charge in [-0.15, -0.1) is 0 Å². The van der Waals surface area contributed by atoms with E-state index in [0.717, 1.165) is 19.3 Å². The van der Waals surface area contributed by atoms with Crippen molar-refractivity contribution < 1.29 is 14.4 Å². The molecule has 0 saturated carbocycles. The Morgan fingerprint density at radius 1 is 1.15 bits per heavy atom. The van der Waals surface area contributed by atoms with Gasteiger partial charge in [0.2, 0.25) is 17.7 Å². The fourth-order valence-electron chi connectivity index (χ4n) is 3.22. The molecule has 1 heterocycles. The van der Waals surface area contributed by atoms with Gasteiger partial charge in [0.15, 0.2) is 0 Å². The van der Waals surface area contributed by atoms with Gasteiger partial charge < -0.3 is 15.5 Å². The first kappa shape index (κ1) is 20.9. The largest absolute Gasteiger partial charge is 0.341 e. The van der Waals surface area contributed by atoms with Crippen LogP contribution in [0.2, 0.25) is 0 Å². The van der Waals surface area contributed by atoms with E-state index in [4.69, 9.17) is 0 Å². The fraction of sp³-hybridized carbons (Fsp3) is 0.571. The van der Waals surface area contributed by atoms with Gasteiger partial charge in [0, 0.05) is 36.3 Å². The van der Waals surface area contributed by atoms with Crippen LogP contribution in [0.4, 0.5) is 11.4 Å². The zero-order chi connectivity index (χ0) is 20.0. The van der Waals surface area contributed by atoms with Crippen molar-refractivity contribution in [3.63, 3.8) is 0 Å². The number of piperidine rings is 1. The van der Waals surface area contributed by atoms with Crippen molar-refractivity contribution in [2.45, 2.75) is 53.4 Å². The Kier molecular flexibility index (Phi) is 6.99. The van der Waals surface area contributed by atoms with E-state index in [1.807, 2.05) is 27.7 Å². The number of nitrogens with zero attached hydrogens (tertiary/aromatic N) is 1. The minimum absolute atomic E-state index is 0.0374. The monoisotopic (exact) mass is 373 g/mol. The highest BCUT2D eigenvalue weighted by Gasteiger charge is 2.33. The Balaban J connectivity index is 1.98. The van der Waals surface area contributed by atoms with Crippen molar-refractivity contribution in [2.75, 3.05) is 23.7 Å². The standard InChI is InChI=1S/C21H31N3O3/c1-5-8-18(25)22-16-10-6-11-17(13-16)23-19(26)15-9-7-12-24(14-15)20(27)21(2,3)4/h6,10-11,13,15H,5,7-9,12,14H2,1-4H3,(H,22,25)(H,23,26). The second-order valence-corrected chi connectivity index (χ2v) is 8.21. The number of hydrogen-bond acceptors (Lipinski definition) is 3. The molecular formula is C21H31N3O3. The van der Waals surface area contributed by atoms with E-state index in [0.29, 0.717) is 30.9 Å². The van der Waals surface area contributed by atoms with Crippen molar-refractivity contribution in [3.05, 3.63) is 24.3 Å². The summed E-state index contributed by atoms with van der Waals surface area (Å²) in [5, 5.41) is 5.76. The van der Waals surface area contributed by atoms with Crippen LogP contribution in [0, 0.1) is 11.3 Å². The van der Waals surface area contributed by atoms with E-state index in [2.05, 4.69) is 10.6 Å². The van der Waals surface area contributed by atoms with E-state index >= 15 is 0 Å². The summed E-state index contributed by atoms with van der Waals surface area (Å²) in [5.41, 5.74) is 0.872. The molecule has 1 atom stereocenters. The summed E-state index contributed by atoms with van der Waals surface area (Å²) in [4.78, 5) is 38.7. The van der Waals surface area contributed by atoms with Gasteiger partial charge in [-0.1, -0.05) is 33.8 Å². The number of nitrogens with one attached hydrogen (secondary N) is 2. The highest BCUT2D eigenvalue weighted by atomic mass is 16.2. The van der Waals surface area contributed by atoms with E-state index < -0.39 is 5.41 Å². The highest BCUT2D eigenvalue weighted by Crippen LogP contribution is 2.25. The van der Waals surface area contributed by atoms with Crippen LogP contribution in [0.1, 0.15) is 53.4 Å². The van der Waals surface area contributed by atoms with E-state index in [9.17, 15) is 14.4 Å². The molecule has 1 aromatic rings. The molecule has 1 fully saturated rings. The molecule has 2 N–H and O–H groups in total. The van der Waals surface area contributed by atoms with Gasteiger partial charge in [-0.25, -0.2) is 0 Å². The van der Waals surface area contributed by atoms with Crippen LogP contribution < -0.4 is 10.6 Å². The molecule has 0 aliphatic carbocycles. The molecule has 27 heavy (non-hydrogen) atoms. The molecule has 0 spiro atoms. The summed E-state index contributed by atoms with van der Waals surface area (Å²) < 4.78 is 0. The first-order chi connectivity index (χ1) is 12.7. The summed E-state index contributed by atoms with van der Waals surface area (Å²) in [6, 6.07) is 7.15. The maximum Gasteiger partial charge on any atom is 0.229 e. The van der Waals surface area contributed by atoms with Gasteiger partial charge >= 0.3 is 0 Å². The van der Waals surface area contributed by atoms with Crippen LogP contribution in [0.15, 0.2) is 24.3 Å². The lowest BCUT2D eigenvalue weighted by molar-refractivity contribution is -0.142. The van der Waals surface area contributed by atoms with E-state index in [1.165, 1.54) is 0 Å². The third-order valence-corrected chi connectivity index (χ3v) is 4.61. The normalized spacial score (nSPS) is 17.3. The topological polar surface area (TPSA) is 78.5 Å². The maximum atomic E-state index is 12.7. The molecule has 1 aliphatic heterocycles. The molecule has 1 unspecified atom stereocenters. The summed E-state index contributed by atoms with van der Waals surface area (Å²) >= 11 is 0. The lowest BCUT2D eigenvalue weighted by atomic mass is 9.91. The molecule has 1 aromatic carbocycles. The van der Waals surface area contributed by atoms with Crippen LogP contribution in [0.5, 0.6) is 0 Å². The van der Waals surface area contributed by atoms with Gasteiger partial charge in [-0.2, -0.15) is 0 Å². The predicted octanol–water partition coefficient (Wildman–Crippen LogP) is 3.65. The Bertz CT molecular complexity index is 694. The molecule has 2 rings (SSSR count). The minimum Gasteiger partial charge on any atom is -0.341 e. The van der Waals surface area contributed by atoms with Gasteiger partial charge in [-0.3, -0.25) is 14.4 Å². The third-order valence-electron chi connectivity index (χ3n) is 4.61. The number of anilines is 2. The Morgan fingerprint density at radius 3 is 2.44 bits per heavy atom. The second-order valence-electron chi connectivity index (χ2n) is 8.21. The van der Waals surface area contributed by atoms with Crippen LogP contribution in [0.3, 0.4) is 0 Å². The van der Waals surface area contributed by atoms with Crippen LogP contribution >= 0.6 is 0 Å². The lowest BCUT2D eigenvalue weighted by Crippen LogP contribution is -2.47. The predicted molar refractivity (Wildman–Crippen MR) is 107 cm³/mol. The van der Waals surface area contributed by atoms with Crippen molar-refractivity contribution in [1.29, 1.82) is 0 Å². The molecular weight excluding hydrogens is 342 g/mol. The number of benzene rings is 1. The van der Waals surface area contributed by atoms with Gasteiger partial charge in [-0.05, 0) is 37.5 Å². The summed E-state index contributed by atoms with van der Waals surface area (Å²) in [6.07, 6.45) is 2.85. The van der Waals surface area contributed by atoms with Gasteiger partial charge in [0.05, 0.1) is 5.92 Å². The molecule has 1 aliphatic rings. The van der Waals surface area contributed by atoms with Crippen molar-refractivity contribution >= 4 is 29.1 Å². The van der Waals surface area contributed by atoms with Crippen LogP contribution in [-0.2, 0) is 14.4 Å². The van der Waals surface area contributed by atoms with Gasteiger partial charge in [0.1, 0.15) is 0 Å². The molecule has 6 heteroatoms. The second kappa shape index (κ2) is 9.02. The lowest BCUT2D eigenvalue weighted by Gasteiger charge is -2.35. The SMILES string of the molecule is CCCC(=O)Nc1cccc(NC(=O)C2CCCN(C(=O)C(C)(C)C)C2)c1. The third kappa shape index (κ3) is 6.08. The Morgan fingerprint density at radius 2 is 1.81 bits per heavy atom. The molecule has 0 radical (unpaired) electrons. The Hall–Kier alpha value is -2.37. The minimum atomic E-state index is -0.441. The maximum absolute atomic E-state index is 12.7. The van der Waals surface area contributed by atoms with E-state index in [-0.39, 0.29) is 23.6 Å². The van der Waals surface area contributed by atoms with Gasteiger partial charge in [0.25, 0.3) is 0 Å². The van der Waals surface area contributed by atoms with Crippen LogP contribution in [-0.4, -0.2) is 35.7 Å². The molecule has 1 saturated heterocycles. The quantitative estimate of drug-likeness (QED) is 0.827. The number of carbonyl (C=O) groups is 3. The first-order valence-electron chi connectivity index (χ1n) is 9.71. The molecule has 0 aromatic heterocycles. The Labute approximate surface area is 161 Å². The van der Waals surface area contributed by atoms with Crippen molar-refractivity contribution in [3.8, 4) is 0 Å². The van der Waals surface area contributed by atoms with Crippen LogP contribution in [0.25, 0.3) is 0 Å². The first-order valence-corrected chi connectivity index (χ1v) is 9.71. The molecule has 148 valence electrons. The molecule has 0 bridgehead atoms. The number of likely N-dealkylation sites (tertiary alicyclic amines) is 1. The highest BCUT2D eigenvalue weighted by molar-refractivity contribution is 5.95. The zero-order valence-electron chi connectivity index (χ0n) is 16.8. The summed E-state index contributed by atoms with van der Waals surface area (Å²) in [7, 11) is 0. The number of amides is 3. The summed E-state index contributed by atoms with van der Waals surface area (Å²) in [6.45, 7) is 8.81. The van der Waals surface area contributed by atoms with Crippen molar-refractivity contribution in [1.82, 2.24) is 4.90 Å². The van der Waals surface area contributed by atoms with E-state index in [1.54, 1.807) is 29.2 Å². The number of hydrogen-bond donors (Lipinski definition) is 2. The molecule has 3 amide bonds. The average Bonchev–Trinajstić information content (AvgIpc) is 2.61. The zero-order valence-corrected chi connectivity index (χ0v) is 16.8.